The number of primary amides is 1. The molecule has 2 amide bonds. The van der Waals surface area contributed by atoms with E-state index >= 15 is 0 Å². The fourth-order valence-corrected chi connectivity index (χ4v) is 2.74. The molecule has 0 bridgehead atoms. The Morgan fingerprint density at radius 3 is 2.69 bits per heavy atom. The van der Waals surface area contributed by atoms with Gasteiger partial charge in [0.05, 0.1) is 5.56 Å². The molecule has 136 valence electrons. The quantitative estimate of drug-likeness (QED) is 0.424. The van der Waals surface area contributed by atoms with Crippen LogP contribution >= 0.6 is 0 Å². The van der Waals surface area contributed by atoms with Gasteiger partial charge in [0, 0.05) is 25.3 Å². The van der Waals surface area contributed by atoms with Crippen LogP contribution in [0.5, 0.6) is 0 Å². The van der Waals surface area contributed by atoms with Crippen LogP contribution in [-0.2, 0) is 0 Å². The Labute approximate surface area is 146 Å². The predicted molar refractivity (Wildman–Crippen MR) is 92.9 cm³/mol. The van der Waals surface area contributed by atoms with E-state index in [1.807, 2.05) is 9.88 Å². The molecule has 0 spiro atoms. The summed E-state index contributed by atoms with van der Waals surface area (Å²) in [6.07, 6.45) is 2.03. The number of H-pyrrole nitrogens is 2. The molecule has 3 rings (SSSR count). The topological polar surface area (TPSA) is 180 Å². The SMILES string of the molecule is NC(=O)c1ccc(N2CCC(NC(=O)c3[nH]c(=O)[nH]c(=O)c3N)C2)nc1. The minimum absolute atomic E-state index is 0.220. The van der Waals surface area contributed by atoms with Crippen LogP contribution in [-0.4, -0.2) is 45.9 Å². The first-order valence-electron chi connectivity index (χ1n) is 7.79. The van der Waals surface area contributed by atoms with Crippen molar-refractivity contribution in [3.8, 4) is 0 Å². The highest BCUT2D eigenvalue weighted by Gasteiger charge is 2.26. The van der Waals surface area contributed by atoms with Gasteiger partial charge in [-0.1, -0.05) is 0 Å². The van der Waals surface area contributed by atoms with Crippen LogP contribution in [0.15, 0.2) is 27.9 Å². The summed E-state index contributed by atoms with van der Waals surface area (Å²) >= 11 is 0. The third-order valence-electron chi connectivity index (χ3n) is 4.09. The van der Waals surface area contributed by atoms with E-state index in [1.165, 1.54) is 6.20 Å². The van der Waals surface area contributed by atoms with Crippen LogP contribution in [0.25, 0.3) is 0 Å². The monoisotopic (exact) mass is 359 g/mol. The van der Waals surface area contributed by atoms with Crippen LogP contribution in [0.4, 0.5) is 11.5 Å². The Morgan fingerprint density at radius 2 is 2.04 bits per heavy atom. The molecule has 0 aliphatic carbocycles. The Bertz CT molecular complexity index is 963. The number of rotatable bonds is 4. The lowest BCUT2D eigenvalue weighted by atomic mass is 10.2. The van der Waals surface area contributed by atoms with Gasteiger partial charge in [0.2, 0.25) is 5.91 Å². The molecule has 0 radical (unpaired) electrons. The van der Waals surface area contributed by atoms with Gasteiger partial charge in [0.15, 0.2) is 0 Å². The van der Waals surface area contributed by atoms with E-state index < -0.39 is 23.1 Å². The first-order chi connectivity index (χ1) is 12.3. The lowest BCUT2D eigenvalue weighted by Crippen LogP contribution is -2.40. The molecule has 2 aromatic rings. The molecule has 1 saturated heterocycles. The van der Waals surface area contributed by atoms with Gasteiger partial charge in [-0.3, -0.25) is 19.4 Å². The van der Waals surface area contributed by atoms with Crippen LogP contribution in [0.2, 0.25) is 0 Å². The summed E-state index contributed by atoms with van der Waals surface area (Å²) in [7, 11) is 0. The Morgan fingerprint density at radius 1 is 1.27 bits per heavy atom. The standard InChI is InChI=1S/C15H17N7O4/c16-10-11(20-15(26)21-13(10)24)14(25)19-8-3-4-22(6-8)9-2-1-7(5-18-9)12(17)23/h1-2,5,8H,3-4,6,16H2,(H2,17,23)(H,19,25)(H2,20,21,24,26). The van der Waals surface area contributed by atoms with Crippen molar-refractivity contribution < 1.29 is 9.59 Å². The summed E-state index contributed by atoms with van der Waals surface area (Å²) in [6.45, 7) is 1.11. The van der Waals surface area contributed by atoms with Gasteiger partial charge in [-0.2, -0.15) is 0 Å². The number of nitrogens with one attached hydrogen (secondary N) is 3. The number of aromatic amines is 2. The number of hydrogen-bond acceptors (Lipinski definition) is 7. The molecule has 3 heterocycles. The maximum Gasteiger partial charge on any atom is 0.326 e. The lowest BCUT2D eigenvalue weighted by molar-refractivity contribution is 0.0934. The van der Waals surface area contributed by atoms with Gasteiger partial charge in [0.1, 0.15) is 17.2 Å². The van der Waals surface area contributed by atoms with Crippen molar-refractivity contribution in [2.45, 2.75) is 12.5 Å². The van der Waals surface area contributed by atoms with Gasteiger partial charge in [-0.25, -0.2) is 9.78 Å². The summed E-state index contributed by atoms with van der Waals surface area (Å²) in [5.41, 5.74) is 8.82. The van der Waals surface area contributed by atoms with E-state index in [4.69, 9.17) is 11.5 Å². The van der Waals surface area contributed by atoms with Crippen molar-refractivity contribution in [1.29, 1.82) is 0 Å². The summed E-state index contributed by atoms with van der Waals surface area (Å²) in [4.78, 5) is 56.5. The molecular weight excluding hydrogens is 342 g/mol. The maximum atomic E-state index is 12.3. The molecule has 2 aromatic heterocycles. The molecule has 1 aliphatic rings. The maximum absolute atomic E-state index is 12.3. The number of carbonyl (C=O) groups is 2. The highest BCUT2D eigenvalue weighted by Crippen LogP contribution is 2.18. The van der Waals surface area contributed by atoms with E-state index in [1.54, 1.807) is 12.1 Å². The number of pyridine rings is 1. The van der Waals surface area contributed by atoms with Crippen LogP contribution in [0.1, 0.15) is 27.3 Å². The zero-order chi connectivity index (χ0) is 18.8. The van der Waals surface area contributed by atoms with E-state index in [0.717, 1.165) is 0 Å². The Hall–Kier alpha value is -3.63. The van der Waals surface area contributed by atoms with Gasteiger partial charge >= 0.3 is 5.69 Å². The minimum atomic E-state index is -0.814. The van der Waals surface area contributed by atoms with Crippen LogP contribution in [0.3, 0.4) is 0 Å². The van der Waals surface area contributed by atoms with Gasteiger partial charge in [0.25, 0.3) is 11.5 Å². The number of carbonyl (C=O) groups excluding carboxylic acids is 2. The molecule has 11 nitrogen and oxygen atoms in total. The van der Waals surface area contributed by atoms with Crippen molar-refractivity contribution >= 4 is 23.3 Å². The number of aromatic nitrogens is 3. The Balaban J connectivity index is 1.68. The summed E-state index contributed by atoms with van der Waals surface area (Å²) in [5.74, 6) is -0.537. The van der Waals surface area contributed by atoms with Crippen molar-refractivity contribution in [1.82, 2.24) is 20.3 Å². The number of nitrogens with zero attached hydrogens (tertiary/aromatic N) is 2. The molecule has 26 heavy (non-hydrogen) atoms. The van der Waals surface area contributed by atoms with Crippen molar-refractivity contribution in [2.24, 2.45) is 5.73 Å². The third-order valence-corrected chi connectivity index (χ3v) is 4.09. The number of anilines is 2. The van der Waals surface area contributed by atoms with Gasteiger partial charge in [-0.15, -0.1) is 0 Å². The summed E-state index contributed by atoms with van der Waals surface area (Å²) in [5, 5.41) is 2.73. The molecule has 11 heteroatoms. The van der Waals surface area contributed by atoms with E-state index in [0.29, 0.717) is 30.9 Å². The van der Waals surface area contributed by atoms with Crippen molar-refractivity contribution in [3.05, 3.63) is 50.4 Å². The first-order valence-corrected chi connectivity index (χ1v) is 7.79. The van der Waals surface area contributed by atoms with Crippen LogP contribution in [0, 0.1) is 0 Å². The zero-order valence-corrected chi connectivity index (χ0v) is 13.6. The first kappa shape index (κ1) is 17.2. The van der Waals surface area contributed by atoms with Crippen molar-refractivity contribution in [3.63, 3.8) is 0 Å². The second kappa shape index (κ2) is 6.70. The second-order valence-electron chi connectivity index (χ2n) is 5.87. The van der Waals surface area contributed by atoms with Crippen molar-refractivity contribution in [2.75, 3.05) is 23.7 Å². The van der Waals surface area contributed by atoms with Gasteiger partial charge < -0.3 is 26.7 Å². The number of amides is 2. The molecular formula is C15H17N7O4. The molecule has 7 N–H and O–H groups in total. The fourth-order valence-electron chi connectivity index (χ4n) is 2.74. The largest absolute Gasteiger partial charge is 0.392 e. The third kappa shape index (κ3) is 3.41. The van der Waals surface area contributed by atoms with Crippen LogP contribution < -0.4 is 32.9 Å². The minimum Gasteiger partial charge on any atom is -0.392 e. The lowest BCUT2D eigenvalue weighted by Gasteiger charge is -2.18. The smallest absolute Gasteiger partial charge is 0.326 e. The summed E-state index contributed by atoms with van der Waals surface area (Å²) < 4.78 is 0. The zero-order valence-electron chi connectivity index (χ0n) is 13.6. The Kier molecular flexibility index (Phi) is 4.43. The average Bonchev–Trinajstić information content (AvgIpc) is 3.06. The highest BCUT2D eigenvalue weighted by molar-refractivity contribution is 5.97. The van der Waals surface area contributed by atoms with Gasteiger partial charge in [-0.05, 0) is 18.6 Å². The molecule has 0 aromatic carbocycles. The number of nitrogens with two attached hydrogens (primary N) is 2. The predicted octanol–water partition coefficient (Wildman–Crippen LogP) is -1.85. The molecule has 1 aliphatic heterocycles. The highest BCUT2D eigenvalue weighted by atomic mass is 16.2. The molecule has 1 unspecified atom stereocenters. The number of hydrogen-bond donors (Lipinski definition) is 5. The average molecular weight is 359 g/mol. The molecule has 0 saturated carbocycles. The van der Waals surface area contributed by atoms with E-state index in [-0.39, 0.29) is 17.4 Å². The normalized spacial score (nSPS) is 16.5. The molecule has 1 atom stereocenters. The van der Waals surface area contributed by atoms with E-state index in [2.05, 4.69) is 15.3 Å². The number of nitrogen functional groups attached to an aromatic ring is 1. The summed E-state index contributed by atoms with van der Waals surface area (Å²) in [6, 6.07) is 3.04. The second-order valence-corrected chi connectivity index (χ2v) is 5.87. The van der Waals surface area contributed by atoms with E-state index in [9.17, 15) is 19.2 Å². The molecule has 1 fully saturated rings. The fraction of sp³-hybridized carbons (Fsp3) is 0.267.